The van der Waals surface area contributed by atoms with E-state index in [1.165, 1.54) is 12.1 Å². The van der Waals surface area contributed by atoms with E-state index >= 15 is 0 Å². The Hall–Kier alpha value is -5.24. The molecule has 0 aromatic heterocycles. The fourth-order valence-corrected chi connectivity index (χ4v) is 4.75. The van der Waals surface area contributed by atoms with Crippen molar-refractivity contribution in [2.24, 2.45) is 0 Å². The molecule has 2 aliphatic rings. The van der Waals surface area contributed by atoms with E-state index < -0.39 is 11.8 Å². The first kappa shape index (κ1) is 22.2. The third kappa shape index (κ3) is 3.54. The van der Waals surface area contributed by atoms with Crippen LogP contribution in [0.5, 0.6) is 0 Å². The van der Waals surface area contributed by atoms with Crippen LogP contribution in [0.15, 0.2) is 84.9 Å². The van der Waals surface area contributed by atoms with E-state index in [1.807, 2.05) is 24.3 Å². The maximum atomic E-state index is 12.8. The van der Waals surface area contributed by atoms with Crippen LogP contribution in [-0.4, -0.2) is 23.6 Å². The second kappa shape index (κ2) is 8.17. The molecule has 2 aliphatic heterocycles. The van der Waals surface area contributed by atoms with Gasteiger partial charge in [0.25, 0.3) is 23.6 Å². The molecule has 8 heteroatoms. The van der Waals surface area contributed by atoms with Crippen molar-refractivity contribution in [3.8, 4) is 0 Å². The van der Waals surface area contributed by atoms with Crippen molar-refractivity contribution in [1.82, 2.24) is 0 Å². The molecule has 0 radical (unpaired) electrons. The summed E-state index contributed by atoms with van der Waals surface area (Å²) in [7, 11) is 0. The fraction of sp³-hybridized carbons (Fsp3) is 0.0345. The molecular weight excluding hydrogens is 468 g/mol. The van der Waals surface area contributed by atoms with E-state index in [4.69, 9.17) is 11.5 Å². The van der Waals surface area contributed by atoms with Crippen molar-refractivity contribution in [2.45, 2.75) is 6.42 Å². The second-order valence-corrected chi connectivity index (χ2v) is 9.01. The Balaban J connectivity index is 1.18. The third-order valence-electron chi connectivity index (χ3n) is 6.62. The number of hydrogen-bond donors (Lipinski definition) is 2. The highest BCUT2D eigenvalue weighted by Gasteiger charge is 2.37. The second-order valence-electron chi connectivity index (χ2n) is 9.01. The van der Waals surface area contributed by atoms with Gasteiger partial charge in [-0.05, 0) is 78.2 Å². The summed E-state index contributed by atoms with van der Waals surface area (Å²) in [6, 6.07) is 23.8. The number of carbonyl (C=O) groups is 4. The topological polar surface area (TPSA) is 127 Å². The largest absolute Gasteiger partial charge is 0.399 e. The molecule has 0 saturated carbocycles. The lowest BCUT2D eigenvalue weighted by molar-refractivity contribution is 0.0910. The van der Waals surface area contributed by atoms with Gasteiger partial charge in [-0.25, -0.2) is 9.80 Å². The lowest BCUT2D eigenvalue weighted by Crippen LogP contribution is -2.29. The van der Waals surface area contributed by atoms with Gasteiger partial charge < -0.3 is 11.5 Å². The summed E-state index contributed by atoms with van der Waals surface area (Å²) in [5.41, 5.74) is 16.6. The van der Waals surface area contributed by atoms with Gasteiger partial charge >= 0.3 is 0 Å². The summed E-state index contributed by atoms with van der Waals surface area (Å²) in [4.78, 5) is 53.5. The Morgan fingerprint density at radius 3 is 1.19 bits per heavy atom. The van der Waals surface area contributed by atoms with Crippen molar-refractivity contribution >= 4 is 46.4 Å². The van der Waals surface area contributed by atoms with Crippen LogP contribution in [0.1, 0.15) is 52.6 Å². The first-order valence-corrected chi connectivity index (χ1v) is 11.6. The smallest absolute Gasteiger partial charge is 0.266 e. The minimum Gasteiger partial charge on any atom is -0.399 e. The molecule has 4 aromatic carbocycles. The molecule has 0 bridgehead atoms. The molecule has 4 amide bonds. The minimum absolute atomic E-state index is 0.302. The zero-order valence-corrected chi connectivity index (χ0v) is 19.5. The molecular formula is C29H20N4O4. The molecule has 0 unspecified atom stereocenters. The van der Waals surface area contributed by atoms with Gasteiger partial charge in [0, 0.05) is 11.4 Å². The van der Waals surface area contributed by atoms with E-state index in [-0.39, 0.29) is 11.8 Å². The van der Waals surface area contributed by atoms with Crippen LogP contribution >= 0.6 is 0 Å². The minimum atomic E-state index is -0.397. The average Bonchev–Trinajstić information content (AvgIpc) is 3.28. The molecule has 0 saturated heterocycles. The number of benzene rings is 4. The van der Waals surface area contributed by atoms with Gasteiger partial charge in [-0.2, -0.15) is 0 Å². The highest BCUT2D eigenvalue weighted by molar-refractivity contribution is 6.35. The molecule has 4 N–H and O–H groups in total. The van der Waals surface area contributed by atoms with Gasteiger partial charge in [-0.1, -0.05) is 24.3 Å². The van der Waals surface area contributed by atoms with Crippen LogP contribution in [0.2, 0.25) is 0 Å². The predicted molar refractivity (Wildman–Crippen MR) is 140 cm³/mol. The monoisotopic (exact) mass is 488 g/mol. The fourth-order valence-electron chi connectivity index (χ4n) is 4.75. The molecule has 0 atom stereocenters. The summed E-state index contributed by atoms with van der Waals surface area (Å²) in [6.45, 7) is 0. The number of nitrogens with zero attached hydrogens (tertiary/aromatic N) is 2. The molecule has 0 fully saturated rings. The lowest BCUT2D eigenvalue weighted by Gasteiger charge is -2.15. The summed E-state index contributed by atoms with van der Waals surface area (Å²) in [5, 5.41) is 0. The zero-order chi connectivity index (χ0) is 25.8. The summed E-state index contributed by atoms with van der Waals surface area (Å²) in [5.74, 6) is -1.55. The maximum Gasteiger partial charge on any atom is 0.266 e. The van der Waals surface area contributed by atoms with E-state index in [1.54, 1.807) is 48.5 Å². The Kier molecular flexibility index (Phi) is 4.91. The van der Waals surface area contributed by atoms with Crippen LogP contribution in [0, 0.1) is 0 Å². The van der Waals surface area contributed by atoms with Gasteiger partial charge in [0.2, 0.25) is 0 Å². The van der Waals surface area contributed by atoms with Crippen molar-refractivity contribution in [1.29, 1.82) is 0 Å². The highest BCUT2D eigenvalue weighted by atomic mass is 16.2. The molecule has 8 nitrogen and oxygen atoms in total. The van der Waals surface area contributed by atoms with Crippen LogP contribution in [0.4, 0.5) is 22.7 Å². The van der Waals surface area contributed by atoms with E-state index in [2.05, 4.69) is 0 Å². The lowest BCUT2D eigenvalue weighted by atomic mass is 10.0. The SMILES string of the molecule is Nc1ccc2c(c1)C(=O)N(c1ccc(Cc3ccc(N4C(=O)c5ccc(N)cc5C4=O)cc3)cc1)C2=O. The van der Waals surface area contributed by atoms with Crippen LogP contribution in [0.25, 0.3) is 0 Å². The van der Waals surface area contributed by atoms with Gasteiger partial charge in [-0.15, -0.1) is 0 Å². The molecule has 0 aliphatic carbocycles. The molecule has 0 spiro atoms. The van der Waals surface area contributed by atoms with Crippen LogP contribution < -0.4 is 21.3 Å². The van der Waals surface area contributed by atoms with E-state index in [0.29, 0.717) is 51.4 Å². The van der Waals surface area contributed by atoms with Crippen molar-refractivity contribution in [2.75, 3.05) is 21.3 Å². The average molecular weight is 489 g/mol. The Morgan fingerprint density at radius 1 is 0.459 bits per heavy atom. The van der Waals surface area contributed by atoms with E-state index in [0.717, 1.165) is 20.9 Å². The number of amides is 4. The van der Waals surface area contributed by atoms with Gasteiger partial charge in [0.05, 0.1) is 33.6 Å². The molecule has 4 aromatic rings. The molecule has 2 heterocycles. The Morgan fingerprint density at radius 2 is 0.811 bits per heavy atom. The number of carbonyl (C=O) groups excluding carboxylic acids is 4. The first-order chi connectivity index (χ1) is 17.8. The summed E-state index contributed by atoms with van der Waals surface area (Å²) in [6.07, 6.45) is 0.581. The highest BCUT2D eigenvalue weighted by Crippen LogP contribution is 2.32. The third-order valence-corrected chi connectivity index (χ3v) is 6.62. The predicted octanol–water partition coefficient (Wildman–Crippen LogP) is 4.04. The maximum absolute atomic E-state index is 12.8. The number of hydrogen-bond acceptors (Lipinski definition) is 6. The number of fused-ring (bicyclic) bond motifs is 2. The quantitative estimate of drug-likeness (QED) is 0.330. The van der Waals surface area contributed by atoms with Gasteiger partial charge in [0.15, 0.2) is 0 Å². The Labute approximate surface area is 211 Å². The summed E-state index contributed by atoms with van der Waals surface area (Å²) >= 11 is 0. The Bertz CT molecular complexity index is 1520. The number of imide groups is 2. The van der Waals surface area contributed by atoms with Crippen molar-refractivity contribution < 1.29 is 19.2 Å². The van der Waals surface area contributed by atoms with E-state index in [9.17, 15) is 19.2 Å². The number of rotatable bonds is 4. The summed E-state index contributed by atoms with van der Waals surface area (Å²) < 4.78 is 0. The van der Waals surface area contributed by atoms with Gasteiger partial charge in [-0.3, -0.25) is 19.2 Å². The number of nitrogens with two attached hydrogens (primary N) is 2. The number of anilines is 4. The zero-order valence-electron chi connectivity index (χ0n) is 19.5. The molecule has 6 rings (SSSR count). The van der Waals surface area contributed by atoms with Crippen LogP contribution in [0.3, 0.4) is 0 Å². The number of nitrogen functional groups attached to an aromatic ring is 2. The molecule has 37 heavy (non-hydrogen) atoms. The normalized spacial score (nSPS) is 14.4. The van der Waals surface area contributed by atoms with Crippen molar-refractivity contribution in [3.63, 3.8) is 0 Å². The van der Waals surface area contributed by atoms with Crippen molar-refractivity contribution in [3.05, 3.63) is 118 Å². The first-order valence-electron chi connectivity index (χ1n) is 11.6. The van der Waals surface area contributed by atoms with Gasteiger partial charge in [0.1, 0.15) is 0 Å². The molecule has 180 valence electrons. The van der Waals surface area contributed by atoms with Crippen LogP contribution in [-0.2, 0) is 6.42 Å². The standard InChI is InChI=1S/C29H20N4O4/c30-18-5-11-22-24(14-18)28(36)32(26(22)34)20-7-1-16(2-8-20)13-17-3-9-21(10-4-17)33-27(35)23-12-6-19(31)15-25(23)29(33)37/h1-12,14-15H,13,30-31H2.